The number of hydrogen-bond donors (Lipinski definition) is 2. The van der Waals surface area contributed by atoms with Crippen LogP contribution in [0.25, 0.3) is 0 Å². The predicted molar refractivity (Wildman–Crippen MR) is 98.5 cm³/mol. The maximum atomic E-state index is 12.7. The molecule has 1 aliphatic heterocycles. The molecule has 27 heavy (non-hydrogen) atoms. The lowest BCUT2D eigenvalue weighted by Crippen LogP contribution is -2.31. The van der Waals surface area contributed by atoms with Crippen molar-refractivity contribution in [3.63, 3.8) is 0 Å². The summed E-state index contributed by atoms with van der Waals surface area (Å²) in [5, 5.41) is 5.53. The third-order valence-corrected chi connectivity index (χ3v) is 4.06. The highest BCUT2D eigenvalue weighted by Gasteiger charge is 2.22. The molecule has 0 saturated heterocycles. The SMILES string of the molecule is CCOC(=O)CC(NC(=O)c1ccc2c(c1)NC(=O)CO2)c1ccccc1. The summed E-state index contributed by atoms with van der Waals surface area (Å²) in [5.74, 6) is -0.518. The summed E-state index contributed by atoms with van der Waals surface area (Å²) in [7, 11) is 0. The Labute approximate surface area is 156 Å². The van der Waals surface area contributed by atoms with Crippen molar-refractivity contribution in [2.24, 2.45) is 0 Å². The summed E-state index contributed by atoms with van der Waals surface area (Å²) < 4.78 is 10.3. The summed E-state index contributed by atoms with van der Waals surface area (Å²) in [6.45, 7) is 1.96. The van der Waals surface area contributed by atoms with Crippen LogP contribution in [0.1, 0.15) is 35.3 Å². The normalized spacial score (nSPS) is 13.6. The molecule has 0 spiro atoms. The zero-order chi connectivity index (χ0) is 19.2. The van der Waals surface area contributed by atoms with Gasteiger partial charge in [-0.1, -0.05) is 30.3 Å². The van der Waals surface area contributed by atoms with Gasteiger partial charge >= 0.3 is 5.97 Å². The summed E-state index contributed by atoms with van der Waals surface area (Å²) in [6, 6.07) is 13.5. The first-order valence-electron chi connectivity index (χ1n) is 8.65. The van der Waals surface area contributed by atoms with Crippen molar-refractivity contribution in [2.45, 2.75) is 19.4 Å². The molecule has 2 aromatic carbocycles. The first-order chi connectivity index (χ1) is 13.1. The summed E-state index contributed by atoms with van der Waals surface area (Å²) >= 11 is 0. The second kappa shape index (κ2) is 8.35. The van der Waals surface area contributed by atoms with Crippen molar-refractivity contribution in [3.8, 4) is 5.75 Å². The molecule has 1 atom stereocenters. The maximum absolute atomic E-state index is 12.7. The highest BCUT2D eigenvalue weighted by atomic mass is 16.5. The zero-order valence-electron chi connectivity index (χ0n) is 14.9. The monoisotopic (exact) mass is 368 g/mol. The molecule has 0 aliphatic carbocycles. The minimum atomic E-state index is -0.528. The van der Waals surface area contributed by atoms with Gasteiger partial charge in [0.1, 0.15) is 5.75 Å². The van der Waals surface area contributed by atoms with Gasteiger partial charge in [-0.25, -0.2) is 0 Å². The van der Waals surface area contributed by atoms with E-state index in [1.165, 1.54) is 0 Å². The molecule has 2 aromatic rings. The minimum Gasteiger partial charge on any atom is -0.482 e. The van der Waals surface area contributed by atoms with Crippen molar-refractivity contribution in [2.75, 3.05) is 18.5 Å². The molecule has 1 unspecified atom stereocenters. The van der Waals surface area contributed by atoms with Crippen LogP contribution in [0.15, 0.2) is 48.5 Å². The van der Waals surface area contributed by atoms with Gasteiger partial charge in [0.25, 0.3) is 11.8 Å². The summed E-state index contributed by atoms with van der Waals surface area (Å²) in [6.07, 6.45) is 0.0222. The molecule has 7 heteroatoms. The Morgan fingerprint density at radius 2 is 2.00 bits per heavy atom. The predicted octanol–water partition coefficient (Wildman–Crippen LogP) is 2.44. The fourth-order valence-corrected chi connectivity index (χ4v) is 2.79. The molecule has 1 heterocycles. The first kappa shape index (κ1) is 18.4. The van der Waals surface area contributed by atoms with E-state index in [-0.39, 0.29) is 31.4 Å². The molecule has 0 radical (unpaired) electrons. The zero-order valence-corrected chi connectivity index (χ0v) is 14.9. The Hall–Kier alpha value is -3.35. The van der Waals surface area contributed by atoms with E-state index in [0.717, 1.165) is 5.56 Å². The van der Waals surface area contributed by atoms with Crippen LogP contribution in [-0.2, 0) is 14.3 Å². The second-order valence-electron chi connectivity index (χ2n) is 5.99. The van der Waals surface area contributed by atoms with E-state index in [4.69, 9.17) is 9.47 Å². The lowest BCUT2D eigenvalue weighted by molar-refractivity contribution is -0.143. The van der Waals surface area contributed by atoms with Crippen LogP contribution in [-0.4, -0.2) is 31.0 Å². The fourth-order valence-electron chi connectivity index (χ4n) is 2.79. The maximum Gasteiger partial charge on any atom is 0.308 e. The van der Waals surface area contributed by atoms with Crippen LogP contribution in [0.5, 0.6) is 5.75 Å². The standard InChI is InChI=1S/C20H20N2O5/c1-2-26-19(24)11-15(13-6-4-3-5-7-13)22-20(25)14-8-9-17-16(10-14)21-18(23)12-27-17/h3-10,15H,2,11-12H2,1H3,(H,21,23)(H,22,25). The number of nitrogens with one attached hydrogen (secondary N) is 2. The van der Waals surface area contributed by atoms with Crippen LogP contribution in [0, 0.1) is 0 Å². The molecule has 140 valence electrons. The van der Waals surface area contributed by atoms with Crippen molar-refractivity contribution >= 4 is 23.5 Å². The topological polar surface area (TPSA) is 93.7 Å². The highest BCUT2D eigenvalue weighted by molar-refractivity contribution is 6.00. The van der Waals surface area contributed by atoms with Gasteiger partial charge in [-0.15, -0.1) is 0 Å². The Kier molecular flexibility index (Phi) is 5.71. The Balaban J connectivity index is 1.79. The smallest absolute Gasteiger partial charge is 0.308 e. The molecule has 0 bridgehead atoms. The van der Waals surface area contributed by atoms with E-state index in [1.54, 1.807) is 25.1 Å². The molecule has 0 fully saturated rings. The average molecular weight is 368 g/mol. The number of esters is 1. The third kappa shape index (κ3) is 4.63. The molecule has 1 aliphatic rings. The summed E-state index contributed by atoms with van der Waals surface area (Å²) in [5.41, 5.74) is 1.60. The molecular formula is C20H20N2O5. The van der Waals surface area contributed by atoms with E-state index in [2.05, 4.69) is 10.6 Å². The van der Waals surface area contributed by atoms with E-state index in [1.807, 2.05) is 30.3 Å². The van der Waals surface area contributed by atoms with Crippen LogP contribution in [0.3, 0.4) is 0 Å². The van der Waals surface area contributed by atoms with E-state index >= 15 is 0 Å². The molecule has 3 rings (SSSR count). The number of benzene rings is 2. The van der Waals surface area contributed by atoms with Gasteiger partial charge < -0.3 is 20.1 Å². The molecular weight excluding hydrogens is 348 g/mol. The lowest BCUT2D eigenvalue weighted by atomic mass is 10.0. The Morgan fingerprint density at radius 1 is 1.22 bits per heavy atom. The molecule has 7 nitrogen and oxygen atoms in total. The number of ether oxygens (including phenoxy) is 2. The van der Waals surface area contributed by atoms with Gasteiger partial charge in [-0.3, -0.25) is 14.4 Å². The lowest BCUT2D eigenvalue weighted by Gasteiger charge is -2.20. The van der Waals surface area contributed by atoms with Crippen LogP contribution in [0.4, 0.5) is 5.69 Å². The number of hydrogen-bond acceptors (Lipinski definition) is 5. The number of carbonyl (C=O) groups excluding carboxylic acids is 3. The number of fused-ring (bicyclic) bond motifs is 1. The molecule has 0 aromatic heterocycles. The van der Waals surface area contributed by atoms with Crippen molar-refractivity contribution in [1.29, 1.82) is 0 Å². The van der Waals surface area contributed by atoms with E-state index in [0.29, 0.717) is 17.0 Å². The van der Waals surface area contributed by atoms with Crippen LogP contribution in [0.2, 0.25) is 0 Å². The summed E-state index contributed by atoms with van der Waals surface area (Å²) in [4.78, 5) is 36.1. The first-order valence-corrected chi connectivity index (χ1v) is 8.65. The van der Waals surface area contributed by atoms with Gasteiger partial charge in [-0.05, 0) is 30.7 Å². The van der Waals surface area contributed by atoms with Crippen LogP contribution < -0.4 is 15.4 Å². The van der Waals surface area contributed by atoms with Crippen molar-refractivity contribution in [3.05, 3.63) is 59.7 Å². The number of rotatable bonds is 6. The van der Waals surface area contributed by atoms with Gasteiger partial charge in [0.2, 0.25) is 0 Å². The van der Waals surface area contributed by atoms with Gasteiger partial charge in [-0.2, -0.15) is 0 Å². The molecule has 2 N–H and O–H groups in total. The molecule has 0 saturated carbocycles. The number of amides is 2. The van der Waals surface area contributed by atoms with Crippen molar-refractivity contribution < 1.29 is 23.9 Å². The quantitative estimate of drug-likeness (QED) is 0.764. The molecule has 2 amide bonds. The van der Waals surface area contributed by atoms with Crippen molar-refractivity contribution in [1.82, 2.24) is 5.32 Å². The highest BCUT2D eigenvalue weighted by Crippen LogP contribution is 2.29. The fraction of sp³-hybridized carbons (Fsp3) is 0.250. The Morgan fingerprint density at radius 3 is 2.74 bits per heavy atom. The largest absolute Gasteiger partial charge is 0.482 e. The van der Waals surface area contributed by atoms with E-state index < -0.39 is 12.0 Å². The minimum absolute atomic E-state index is 0.0222. The average Bonchev–Trinajstić information content (AvgIpc) is 2.67. The van der Waals surface area contributed by atoms with Gasteiger partial charge in [0, 0.05) is 5.56 Å². The third-order valence-electron chi connectivity index (χ3n) is 4.06. The second-order valence-corrected chi connectivity index (χ2v) is 5.99. The number of carbonyl (C=O) groups is 3. The van der Waals surface area contributed by atoms with Gasteiger partial charge in [0.15, 0.2) is 6.61 Å². The number of anilines is 1. The Bertz CT molecular complexity index is 851. The van der Waals surface area contributed by atoms with E-state index in [9.17, 15) is 14.4 Å². The van der Waals surface area contributed by atoms with Crippen LogP contribution >= 0.6 is 0 Å². The van der Waals surface area contributed by atoms with Gasteiger partial charge in [0.05, 0.1) is 24.8 Å².